The number of nitrogens with one attached hydrogen (secondary N) is 1. The maximum atomic E-state index is 13.1. The molecule has 2 aromatic rings. The van der Waals surface area contributed by atoms with E-state index in [0.29, 0.717) is 5.69 Å². The quantitative estimate of drug-likeness (QED) is 0.669. The second-order valence-electron chi connectivity index (χ2n) is 6.18. The SMILES string of the molecule is COCCN(CC(=O)Nc1cccc(C)c1C)S(=O)(=O)c1cccc(Cl)c1Cl. The lowest BCUT2D eigenvalue weighted by atomic mass is 10.1. The van der Waals surface area contributed by atoms with Gasteiger partial charge in [0.25, 0.3) is 0 Å². The lowest BCUT2D eigenvalue weighted by Gasteiger charge is -2.22. The van der Waals surface area contributed by atoms with Crippen LogP contribution in [0.2, 0.25) is 10.0 Å². The minimum absolute atomic E-state index is 0.0120. The molecule has 0 aliphatic heterocycles. The highest BCUT2D eigenvalue weighted by Crippen LogP contribution is 2.31. The zero-order valence-electron chi connectivity index (χ0n) is 15.8. The van der Waals surface area contributed by atoms with Gasteiger partial charge in [0.05, 0.1) is 23.2 Å². The molecule has 0 atom stereocenters. The molecule has 2 aromatic carbocycles. The van der Waals surface area contributed by atoms with Crippen molar-refractivity contribution in [3.05, 3.63) is 57.6 Å². The minimum Gasteiger partial charge on any atom is -0.383 e. The Labute approximate surface area is 175 Å². The zero-order chi connectivity index (χ0) is 20.9. The summed E-state index contributed by atoms with van der Waals surface area (Å²) in [5.41, 5.74) is 2.57. The van der Waals surface area contributed by atoms with Gasteiger partial charge in [-0.1, -0.05) is 41.4 Å². The van der Waals surface area contributed by atoms with Crippen molar-refractivity contribution >= 4 is 44.8 Å². The normalized spacial score (nSPS) is 11.6. The molecule has 6 nitrogen and oxygen atoms in total. The molecule has 28 heavy (non-hydrogen) atoms. The third-order valence-corrected chi connectivity index (χ3v) is 7.10. The van der Waals surface area contributed by atoms with Crippen LogP contribution in [0.3, 0.4) is 0 Å². The van der Waals surface area contributed by atoms with Gasteiger partial charge in [-0.2, -0.15) is 4.31 Å². The summed E-state index contributed by atoms with van der Waals surface area (Å²) in [5.74, 6) is -0.466. The first-order valence-corrected chi connectivity index (χ1v) is 10.7. The molecule has 0 spiro atoms. The van der Waals surface area contributed by atoms with Crippen LogP contribution in [0.4, 0.5) is 5.69 Å². The van der Waals surface area contributed by atoms with Gasteiger partial charge >= 0.3 is 0 Å². The molecule has 1 amide bonds. The zero-order valence-corrected chi connectivity index (χ0v) is 18.2. The van der Waals surface area contributed by atoms with Crippen LogP contribution in [0.1, 0.15) is 11.1 Å². The van der Waals surface area contributed by atoms with Gasteiger partial charge in [0.2, 0.25) is 15.9 Å². The number of ether oxygens (including phenoxy) is 1. The van der Waals surface area contributed by atoms with E-state index in [2.05, 4.69) is 5.32 Å². The Morgan fingerprint density at radius 3 is 2.50 bits per heavy atom. The molecule has 0 aromatic heterocycles. The van der Waals surface area contributed by atoms with Gasteiger partial charge in [-0.05, 0) is 43.2 Å². The molecule has 9 heteroatoms. The van der Waals surface area contributed by atoms with Crippen LogP contribution in [0.15, 0.2) is 41.3 Å². The lowest BCUT2D eigenvalue weighted by Crippen LogP contribution is -2.40. The van der Waals surface area contributed by atoms with Crippen LogP contribution >= 0.6 is 23.2 Å². The maximum Gasteiger partial charge on any atom is 0.245 e. The van der Waals surface area contributed by atoms with E-state index in [1.165, 1.54) is 25.3 Å². The Morgan fingerprint density at radius 1 is 1.14 bits per heavy atom. The number of hydrogen-bond donors (Lipinski definition) is 1. The standard InChI is InChI=1S/C19H22Cl2N2O4S/c1-13-6-4-8-16(14(13)2)22-18(24)12-23(10-11-27-3)28(25,26)17-9-5-7-15(20)19(17)21/h4-9H,10-12H2,1-3H3,(H,22,24). The van der Waals surface area contributed by atoms with E-state index < -0.39 is 15.9 Å². The number of benzene rings is 2. The van der Waals surface area contributed by atoms with Gasteiger partial charge in [0.1, 0.15) is 4.90 Å². The lowest BCUT2D eigenvalue weighted by molar-refractivity contribution is -0.116. The molecule has 0 saturated carbocycles. The second-order valence-corrected chi connectivity index (χ2v) is 8.87. The first-order chi connectivity index (χ1) is 13.2. The number of halogens is 2. The second kappa shape index (κ2) is 9.71. The summed E-state index contributed by atoms with van der Waals surface area (Å²) in [6, 6.07) is 9.86. The first kappa shape index (κ1) is 22.6. The van der Waals surface area contributed by atoms with E-state index in [1.54, 1.807) is 6.07 Å². The summed E-state index contributed by atoms with van der Waals surface area (Å²) in [6.07, 6.45) is 0. The highest BCUT2D eigenvalue weighted by molar-refractivity contribution is 7.89. The number of nitrogens with zero attached hydrogens (tertiary/aromatic N) is 1. The molecular weight excluding hydrogens is 423 g/mol. The number of methoxy groups -OCH3 is 1. The van der Waals surface area contributed by atoms with E-state index in [-0.39, 0.29) is 34.6 Å². The number of amides is 1. The Kier molecular flexibility index (Phi) is 7.86. The molecule has 0 fully saturated rings. The Balaban J connectivity index is 2.29. The average Bonchev–Trinajstić information content (AvgIpc) is 2.64. The summed E-state index contributed by atoms with van der Waals surface area (Å²) in [7, 11) is -2.60. The Bertz CT molecular complexity index is 964. The molecular formula is C19H22Cl2N2O4S. The fourth-order valence-electron chi connectivity index (χ4n) is 2.54. The molecule has 0 aliphatic rings. The summed E-state index contributed by atoms with van der Waals surface area (Å²) in [5, 5.41) is 2.80. The smallest absolute Gasteiger partial charge is 0.245 e. The van der Waals surface area contributed by atoms with Gasteiger partial charge < -0.3 is 10.1 Å². The number of sulfonamides is 1. The van der Waals surface area contributed by atoms with Crippen molar-refractivity contribution in [2.24, 2.45) is 0 Å². The van der Waals surface area contributed by atoms with Crippen LogP contribution in [0.5, 0.6) is 0 Å². The van der Waals surface area contributed by atoms with Crippen LogP contribution in [0.25, 0.3) is 0 Å². The molecule has 2 rings (SSSR count). The maximum absolute atomic E-state index is 13.1. The van der Waals surface area contributed by atoms with Gasteiger partial charge in [-0.3, -0.25) is 4.79 Å². The third kappa shape index (κ3) is 5.24. The van der Waals surface area contributed by atoms with E-state index in [1.807, 2.05) is 26.0 Å². The summed E-state index contributed by atoms with van der Waals surface area (Å²) in [6.45, 7) is 3.54. The number of carbonyl (C=O) groups is 1. The highest BCUT2D eigenvalue weighted by atomic mass is 35.5. The van der Waals surface area contributed by atoms with Crippen LogP contribution in [0, 0.1) is 13.8 Å². The van der Waals surface area contributed by atoms with E-state index in [0.717, 1.165) is 15.4 Å². The van der Waals surface area contributed by atoms with E-state index in [9.17, 15) is 13.2 Å². The monoisotopic (exact) mass is 444 g/mol. The van der Waals surface area contributed by atoms with Gasteiger partial charge in [-0.25, -0.2) is 8.42 Å². The fourth-order valence-corrected chi connectivity index (χ4v) is 4.65. The molecule has 0 radical (unpaired) electrons. The van der Waals surface area contributed by atoms with Gasteiger partial charge in [-0.15, -0.1) is 0 Å². The Hall–Kier alpha value is -1.64. The minimum atomic E-state index is -4.06. The molecule has 0 heterocycles. The number of aryl methyl sites for hydroxylation is 1. The topological polar surface area (TPSA) is 75.7 Å². The van der Waals surface area contributed by atoms with Crippen molar-refractivity contribution in [3.8, 4) is 0 Å². The third-order valence-electron chi connectivity index (χ3n) is 4.28. The van der Waals surface area contributed by atoms with Crippen molar-refractivity contribution in [2.75, 3.05) is 32.1 Å². The van der Waals surface area contributed by atoms with Crippen LogP contribution < -0.4 is 5.32 Å². The molecule has 0 unspecified atom stereocenters. The van der Waals surface area contributed by atoms with Crippen molar-refractivity contribution in [1.82, 2.24) is 4.31 Å². The summed E-state index contributed by atoms with van der Waals surface area (Å²) < 4.78 is 32.2. The molecule has 0 saturated heterocycles. The van der Waals surface area contributed by atoms with Crippen molar-refractivity contribution in [3.63, 3.8) is 0 Å². The predicted octanol–water partition coefficient (Wildman–Crippen LogP) is 3.89. The number of anilines is 1. The van der Waals surface area contributed by atoms with Crippen LogP contribution in [-0.2, 0) is 19.6 Å². The van der Waals surface area contributed by atoms with Crippen molar-refractivity contribution in [1.29, 1.82) is 0 Å². The molecule has 152 valence electrons. The van der Waals surface area contributed by atoms with Gasteiger partial charge in [0.15, 0.2) is 0 Å². The number of rotatable bonds is 8. The molecule has 0 aliphatic carbocycles. The van der Waals surface area contributed by atoms with Crippen molar-refractivity contribution in [2.45, 2.75) is 18.7 Å². The molecule has 1 N–H and O–H groups in total. The predicted molar refractivity (Wildman–Crippen MR) is 112 cm³/mol. The van der Waals surface area contributed by atoms with E-state index >= 15 is 0 Å². The van der Waals surface area contributed by atoms with Crippen molar-refractivity contribution < 1.29 is 17.9 Å². The van der Waals surface area contributed by atoms with Gasteiger partial charge in [0, 0.05) is 19.3 Å². The summed E-state index contributed by atoms with van der Waals surface area (Å²) in [4.78, 5) is 12.4. The number of hydrogen-bond acceptors (Lipinski definition) is 4. The molecule has 0 bridgehead atoms. The van der Waals surface area contributed by atoms with Crippen LogP contribution in [-0.4, -0.2) is 45.4 Å². The summed E-state index contributed by atoms with van der Waals surface area (Å²) >= 11 is 12.0. The van der Waals surface area contributed by atoms with E-state index in [4.69, 9.17) is 27.9 Å². The largest absolute Gasteiger partial charge is 0.383 e. The highest BCUT2D eigenvalue weighted by Gasteiger charge is 2.29. The average molecular weight is 445 g/mol. The Morgan fingerprint density at radius 2 is 1.82 bits per heavy atom. The fraction of sp³-hybridized carbons (Fsp3) is 0.316. The first-order valence-electron chi connectivity index (χ1n) is 8.47. The number of carbonyl (C=O) groups excluding carboxylic acids is 1.